The van der Waals surface area contributed by atoms with Gasteiger partial charge in [-0.05, 0) is 62.8 Å². The molecule has 1 aliphatic heterocycles. The van der Waals surface area contributed by atoms with Gasteiger partial charge >= 0.3 is 0 Å². The van der Waals surface area contributed by atoms with E-state index in [0.717, 1.165) is 36.1 Å². The van der Waals surface area contributed by atoms with Gasteiger partial charge in [-0.25, -0.2) is 5.01 Å². The lowest BCUT2D eigenvalue weighted by molar-refractivity contribution is 0.0674. The van der Waals surface area contributed by atoms with Crippen molar-refractivity contribution in [2.24, 2.45) is 11.0 Å². The molecule has 2 heterocycles. The first-order valence-corrected chi connectivity index (χ1v) is 12.3. The zero-order valence-electron chi connectivity index (χ0n) is 19.8. The van der Waals surface area contributed by atoms with E-state index >= 15 is 0 Å². The fraction of sp³-hybridized carbons (Fsp3) is 0.321. The van der Waals surface area contributed by atoms with E-state index in [9.17, 15) is 4.79 Å². The van der Waals surface area contributed by atoms with Crippen LogP contribution < -0.4 is 0 Å². The van der Waals surface area contributed by atoms with Gasteiger partial charge in [0.25, 0.3) is 5.91 Å². The van der Waals surface area contributed by atoms with E-state index in [4.69, 9.17) is 16.7 Å². The topological polar surface area (TPSA) is 50.5 Å². The molecule has 0 unspecified atom stereocenters. The molecule has 0 radical (unpaired) electrons. The molecule has 0 spiro atoms. The summed E-state index contributed by atoms with van der Waals surface area (Å²) in [5.74, 6) is -0.108. The van der Waals surface area contributed by atoms with E-state index in [2.05, 4.69) is 73.6 Å². The van der Waals surface area contributed by atoms with Gasteiger partial charge in [-0.2, -0.15) is 10.2 Å². The van der Waals surface area contributed by atoms with Crippen molar-refractivity contribution in [2.75, 3.05) is 0 Å². The number of fused-ring (bicyclic) bond motifs is 1. The highest BCUT2D eigenvalue weighted by Crippen LogP contribution is 2.45. The third-order valence-electron chi connectivity index (χ3n) is 6.79. The van der Waals surface area contributed by atoms with Gasteiger partial charge in [0.05, 0.1) is 16.8 Å². The number of rotatable bonds is 4. The van der Waals surface area contributed by atoms with Gasteiger partial charge in [-0.3, -0.25) is 9.48 Å². The number of amides is 1. The van der Waals surface area contributed by atoms with Gasteiger partial charge in [0.15, 0.2) is 5.69 Å². The first-order valence-electron chi connectivity index (χ1n) is 11.9. The lowest BCUT2D eigenvalue weighted by atomic mass is 9.77. The summed E-state index contributed by atoms with van der Waals surface area (Å²) < 4.78 is 1.69. The van der Waals surface area contributed by atoms with Crippen LogP contribution in [0.4, 0.5) is 0 Å². The number of carbonyl (C=O) groups excluding carboxylic acids is 1. The number of hydrogen-bond donors (Lipinski definition) is 0. The van der Waals surface area contributed by atoms with Crippen LogP contribution in [0.3, 0.4) is 0 Å². The second kappa shape index (κ2) is 9.22. The third-order valence-corrected chi connectivity index (χ3v) is 7.07. The lowest BCUT2D eigenvalue weighted by Gasteiger charge is -2.29. The van der Waals surface area contributed by atoms with Crippen LogP contribution in [0.15, 0.2) is 65.4 Å². The predicted octanol–water partition coefficient (Wildman–Crippen LogP) is 6.61. The Morgan fingerprint density at radius 1 is 1.09 bits per heavy atom. The van der Waals surface area contributed by atoms with Gasteiger partial charge < -0.3 is 0 Å². The molecule has 2 atom stereocenters. The van der Waals surface area contributed by atoms with Crippen molar-refractivity contribution in [3.8, 4) is 0 Å². The summed E-state index contributed by atoms with van der Waals surface area (Å²) in [6, 6.07) is 16.8. The Bertz CT molecular complexity index is 1270. The molecule has 0 bridgehead atoms. The van der Waals surface area contributed by atoms with Crippen molar-refractivity contribution in [2.45, 2.75) is 52.6 Å². The molecule has 0 N–H and O–H groups in total. The Labute approximate surface area is 205 Å². The van der Waals surface area contributed by atoms with E-state index in [-0.39, 0.29) is 23.6 Å². The first kappa shape index (κ1) is 22.6. The van der Waals surface area contributed by atoms with E-state index in [1.807, 2.05) is 6.92 Å². The molecule has 5 nitrogen and oxygen atoms in total. The molecular weight excluding hydrogens is 444 g/mol. The number of carbonyl (C=O) groups is 1. The van der Waals surface area contributed by atoms with E-state index in [1.165, 1.54) is 16.7 Å². The number of halogens is 1. The quantitative estimate of drug-likeness (QED) is 0.429. The molecular formula is C28H29ClN4O. The number of nitrogens with zero attached hydrogens (tertiary/aromatic N) is 4. The summed E-state index contributed by atoms with van der Waals surface area (Å²) >= 11 is 6.42. The molecule has 6 heteroatoms. The molecule has 2 aromatic carbocycles. The molecule has 174 valence electrons. The molecule has 0 saturated heterocycles. The Morgan fingerprint density at radius 3 is 2.41 bits per heavy atom. The number of hydrazone groups is 1. The number of hydrogen-bond acceptors (Lipinski definition) is 3. The Hall–Kier alpha value is -3.18. The van der Waals surface area contributed by atoms with Crippen LogP contribution in [0.25, 0.3) is 6.08 Å². The summed E-state index contributed by atoms with van der Waals surface area (Å²) in [4.78, 5) is 13.7. The average molecular weight is 473 g/mol. The van der Waals surface area contributed by atoms with Crippen LogP contribution in [0, 0.1) is 19.8 Å². The fourth-order valence-corrected chi connectivity index (χ4v) is 5.17. The maximum absolute atomic E-state index is 13.7. The van der Waals surface area contributed by atoms with Crippen molar-refractivity contribution < 1.29 is 4.79 Å². The maximum atomic E-state index is 13.7. The summed E-state index contributed by atoms with van der Waals surface area (Å²) in [6.07, 6.45) is 6.94. The molecule has 3 aromatic rings. The molecule has 1 amide bonds. The van der Waals surface area contributed by atoms with Crippen molar-refractivity contribution in [1.29, 1.82) is 0 Å². The number of allylic oxidation sites excluding steroid dienone is 1. The van der Waals surface area contributed by atoms with Crippen molar-refractivity contribution >= 4 is 29.3 Å². The van der Waals surface area contributed by atoms with Crippen LogP contribution in [0.5, 0.6) is 0 Å². The predicted molar refractivity (Wildman–Crippen MR) is 137 cm³/mol. The standard InChI is InChI=1S/C28H29ClN4O/c1-4-32-17-24(29)26(30-32)28(34)33-27(21-14-10-19(3)11-15-21)23-7-5-6-22(25(23)31-33)16-20-12-8-18(2)9-13-20/h8-17,23,27H,4-7H2,1-3H3/b22-16+/t23-,27+/m1/s1. The number of benzene rings is 2. The van der Waals surface area contributed by atoms with Crippen LogP contribution >= 0.6 is 11.6 Å². The van der Waals surface area contributed by atoms with Crippen molar-refractivity contribution in [3.63, 3.8) is 0 Å². The lowest BCUT2D eigenvalue weighted by Crippen LogP contribution is -2.32. The van der Waals surface area contributed by atoms with E-state index in [0.29, 0.717) is 11.6 Å². The number of aromatic nitrogens is 2. The Morgan fingerprint density at radius 2 is 1.76 bits per heavy atom. The molecule has 5 rings (SSSR count). The smallest absolute Gasteiger partial charge is 0.271 e. The van der Waals surface area contributed by atoms with Crippen molar-refractivity contribution in [3.05, 3.63) is 93.3 Å². The number of aryl methyl sites for hydroxylation is 3. The summed E-state index contributed by atoms with van der Waals surface area (Å²) in [6.45, 7) is 6.78. The van der Waals surface area contributed by atoms with Crippen LogP contribution in [0.2, 0.25) is 5.02 Å². The van der Waals surface area contributed by atoms with Crippen LogP contribution in [0.1, 0.15) is 65.0 Å². The minimum absolute atomic E-state index is 0.143. The fourth-order valence-electron chi connectivity index (χ4n) is 4.94. The summed E-state index contributed by atoms with van der Waals surface area (Å²) in [5.41, 5.74) is 7.15. The molecule has 1 aromatic heterocycles. The Balaban J connectivity index is 1.58. The van der Waals surface area contributed by atoms with Gasteiger partial charge in [0.2, 0.25) is 0 Å². The van der Waals surface area contributed by atoms with Gasteiger partial charge in [-0.1, -0.05) is 71.3 Å². The molecule has 1 fully saturated rings. The molecule has 2 aliphatic rings. The molecule has 1 saturated carbocycles. The Kier molecular flexibility index (Phi) is 6.13. The third kappa shape index (κ3) is 4.21. The second-order valence-electron chi connectivity index (χ2n) is 9.25. The maximum Gasteiger partial charge on any atom is 0.296 e. The van der Waals surface area contributed by atoms with Crippen LogP contribution in [-0.2, 0) is 6.54 Å². The zero-order chi connectivity index (χ0) is 23.8. The summed E-state index contributed by atoms with van der Waals surface area (Å²) in [5, 5.41) is 11.4. The first-order chi connectivity index (χ1) is 16.4. The minimum Gasteiger partial charge on any atom is -0.271 e. The largest absolute Gasteiger partial charge is 0.296 e. The minimum atomic E-state index is -0.251. The molecule has 34 heavy (non-hydrogen) atoms. The monoisotopic (exact) mass is 472 g/mol. The SMILES string of the molecule is CCn1cc(Cl)c(C(=O)N2N=C3/C(=C/c4ccc(C)cc4)CCC[C@H]3[C@@H]2c2ccc(C)cc2)n1. The summed E-state index contributed by atoms with van der Waals surface area (Å²) in [7, 11) is 0. The highest BCUT2D eigenvalue weighted by Gasteiger charge is 2.44. The molecule has 1 aliphatic carbocycles. The average Bonchev–Trinajstić information content (AvgIpc) is 3.42. The second-order valence-corrected chi connectivity index (χ2v) is 9.66. The van der Waals surface area contributed by atoms with Gasteiger partial charge in [0.1, 0.15) is 0 Å². The van der Waals surface area contributed by atoms with Crippen LogP contribution in [-0.4, -0.2) is 26.4 Å². The van der Waals surface area contributed by atoms with Gasteiger partial charge in [0, 0.05) is 18.7 Å². The van der Waals surface area contributed by atoms with Crippen molar-refractivity contribution in [1.82, 2.24) is 14.8 Å². The highest BCUT2D eigenvalue weighted by molar-refractivity contribution is 6.33. The van der Waals surface area contributed by atoms with Gasteiger partial charge in [-0.15, -0.1) is 0 Å². The van der Waals surface area contributed by atoms with E-state index in [1.54, 1.807) is 15.9 Å². The van der Waals surface area contributed by atoms with E-state index < -0.39 is 0 Å². The zero-order valence-corrected chi connectivity index (χ0v) is 20.6. The normalized spacial score (nSPS) is 21.0. The highest BCUT2D eigenvalue weighted by atomic mass is 35.5.